The van der Waals surface area contributed by atoms with Crippen LogP contribution in [0.3, 0.4) is 0 Å². The number of nitrogens with zero attached hydrogens (tertiary/aromatic N) is 6. The summed E-state index contributed by atoms with van der Waals surface area (Å²) in [6.45, 7) is 5.74. The molecule has 4 rings (SSSR count). The van der Waals surface area contributed by atoms with Crippen molar-refractivity contribution in [2.45, 2.75) is 57.9 Å². The van der Waals surface area contributed by atoms with E-state index in [1.807, 2.05) is 0 Å². The van der Waals surface area contributed by atoms with E-state index in [2.05, 4.69) is 19.9 Å². The number of carbonyl (C=O) groups is 1. The summed E-state index contributed by atoms with van der Waals surface area (Å²) in [5, 5.41) is 0. The number of fused-ring (bicyclic) bond motifs is 1. The van der Waals surface area contributed by atoms with Crippen molar-refractivity contribution in [3.8, 4) is 0 Å². The van der Waals surface area contributed by atoms with Crippen LogP contribution in [0.25, 0.3) is 11.2 Å². The van der Waals surface area contributed by atoms with Crippen molar-refractivity contribution in [1.82, 2.24) is 29.4 Å². The third-order valence-electron chi connectivity index (χ3n) is 5.72. The summed E-state index contributed by atoms with van der Waals surface area (Å²) in [6.07, 6.45) is 0.600. The van der Waals surface area contributed by atoms with Gasteiger partial charge in [-0.1, -0.05) is 0 Å². The Morgan fingerprint density at radius 2 is 1.80 bits per heavy atom. The number of piperidine rings is 1. The van der Waals surface area contributed by atoms with E-state index < -0.39 is 35.7 Å². The minimum atomic E-state index is -4.70. The minimum Gasteiger partial charge on any atom is -0.444 e. The molecule has 1 amide bonds. The van der Waals surface area contributed by atoms with E-state index in [1.54, 1.807) is 31.7 Å². The van der Waals surface area contributed by atoms with Crippen molar-refractivity contribution in [3.63, 3.8) is 0 Å². The highest BCUT2D eigenvalue weighted by molar-refractivity contribution is 5.71. The van der Waals surface area contributed by atoms with Gasteiger partial charge in [-0.05, 0) is 45.6 Å². The summed E-state index contributed by atoms with van der Waals surface area (Å²) >= 11 is 0. The van der Waals surface area contributed by atoms with Crippen LogP contribution in [-0.4, -0.2) is 54.2 Å². The average Bonchev–Trinajstić information content (AvgIpc) is 2.79. The molecule has 186 valence electrons. The molecule has 0 N–H and O–H groups in total. The lowest BCUT2D eigenvalue weighted by molar-refractivity contribution is -0.142. The zero-order valence-electron chi connectivity index (χ0n) is 19.5. The first kappa shape index (κ1) is 24.6. The highest BCUT2D eigenvalue weighted by Crippen LogP contribution is 2.31. The number of rotatable bonds is 3. The molecule has 0 atom stereocenters. The predicted molar refractivity (Wildman–Crippen MR) is 120 cm³/mol. The fourth-order valence-corrected chi connectivity index (χ4v) is 4.15. The topological polar surface area (TPSA) is 103 Å². The van der Waals surface area contributed by atoms with Gasteiger partial charge in [0.25, 0.3) is 5.56 Å². The molecule has 3 aromatic heterocycles. The van der Waals surface area contributed by atoms with Crippen molar-refractivity contribution in [3.05, 3.63) is 58.2 Å². The number of hydrogen-bond donors (Lipinski definition) is 0. The monoisotopic (exact) mass is 490 g/mol. The smallest absolute Gasteiger partial charge is 0.433 e. The van der Waals surface area contributed by atoms with Gasteiger partial charge in [-0.2, -0.15) is 13.2 Å². The largest absolute Gasteiger partial charge is 0.444 e. The Labute approximate surface area is 199 Å². The van der Waals surface area contributed by atoms with Gasteiger partial charge in [0.2, 0.25) is 0 Å². The van der Waals surface area contributed by atoms with Crippen LogP contribution in [0.4, 0.5) is 18.0 Å². The highest BCUT2D eigenvalue weighted by Gasteiger charge is 2.36. The van der Waals surface area contributed by atoms with Gasteiger partial charge in [0.15, 0.2) is 11.3 Å². The van der Waals surface area contributed by atoms with Crippen LogP contribution in [0.2, 0.25) is 0 Å². The maximum Gasteiger partial charge on any atom is 0.433 e. The van der Waals surface area contributed by atoms with Gasteiger partial charge in [0.1, 0.15) is 17.4 Å². The van der Waals surface area contributed by atoms with Gasteiger partial charge in [0, 0.05) is 42.8 Å². The summed E-state index contributed by atoms with van der Waals surface area (Å²) in [5.74, 6) is -0.201. The zero-order chi connectivity index (χ0) is 25.4. The Bertz CT molecular complexity index is 1290. The molecule has 0 aliphatic carbocycles. The molecule has 1 aliphatic rings. The summed E-state index contributed by atoms with van der Waals surface area (Å²) < 4.78 is 47.1. The molecule has 1 saturated heterocycles. The lowest BCUT2D eigenvalue weighted by atomic mass is 9.90. The van der Waals surface area contributed by atoms with Crippen molar-refractivity contribution >= 4 is 17.3 Å². The van der Waals surface area contributed by atoms with Crippen molar-refractivity contribution in [2.24, 2.45) is 0 Å². The number of carbonyl (C=O) groups excluding carboxylic acids is 1. The molecule has 0 aromatic carbocycles. The Balaban J connectivity index is 1.67. The van der Waals surface area contributed by atoms with Gasteiger partial charge in [-0.25, -0.2) is 19.7 Å². The number of alkyl halides is 3. The van der Waals surface area contributed by atoms with Crippen LogP contribution >= 0.6 is 0 Å². The lowest BCUT2D eigenvalue weighted by Crippen LogP contribution is -2.42. The second-order valence-electron chi connectivity index (χ2n) is 9.39. The third kappa shape index (κ3) is 5.41. The highest BCUT2D eigenvalue weighted by atomic mass is 19.4. The Morgan fingerprint density at radius 1 is 1.11 bits per heavy atom. The molecule has 0 saturated carbocycles. The average molecular weight is 490 g/mol. The normalized spacial score (nSPS) is 15.4. The standard InChI is InChI=1S/C23H25F3N6O3/c1-22(2,3)35-21(34)31-8-4-14(5-9-31)16-10-17-19(29-7-6-28-17)32(20(16)33)12-15-11-27-13-30-18(15)23(24,25)26/h6-7,10-11,13-14H,4-5,8-9,12H2,1-3H3. The lowest BCUT2D eigenvalue weighted by Gasteiger charge is -2.33. The van der Waals surface area contributed by atoms with E-state index in [0.717, 1.165) is 12.5 Å². The van der Waals surface area contributed by atoms with E-state index in [0.29, 0.717) is 37.0 Å². The summed E-state index contributed by atoms with van der Waals surface area (Å²) in [7, 11) is 0. The number of likely N-dealkylation sites (tertiary alicyclic amines) is 1. The van der Waals surface area contributed by atoms with Gasteiger partial charge in [-0.15, -0.1) is 0 Å². The van der Waals surface area contributed by atoms with Crippen LogP contribution in [0, 0.1) is 0 Å². The van der Waals surface area contributed by atoms with Crippen molar-refractivity contribution in [2.75, 3.05) is 13.1 Å². The molecule has 0 spiro atoms. The van der Waals surface area contributed by atoms with Crippen molar-refractivity contribution in [1.29, 1.82) is 0 Å². The van der Waals surface area contributed by atoms with E-state index in [-0.39, 0.29) is 17.1 Å². The number of amides is 1. The molecule has 1 fully saturated rings. The van der Waals surface area contributed by atoms with Gasteiger partial charge < -0.3 is 9.64 Å². The maximum absolute atomic E-state index is 13.5. The number of hydrogen-bond acceptors (Lipinski definition) is 7. The molecule has 4 heterocycles. The van der Waals surface area contributed by atoms with Gasteiger partial charge in [0.05, 0.1) is 6.54 Å². The Kier molecular flexibility index (Phi) is 6.48. The molecule has 0 bridgehead atoms. The Morgan fingerprint density at radius 3 is 2.46 bits per heavy atom. The predicted octanol–water partition coefficient (Wildman–Crippen LogP) is 3.76. The molecular formula is C23H25F3N6O3. The summed E-state index contributed by atoms with van der Waals surface area (Å²) in [5.41, 5.74) is -1.43. The third-order valence-corrected chi connectivity index (χ3v) is 5.72. The fraction of sp³-hybridized carbons (Fsp3) is 0.478. The molecule has 12 heteroatoms. The molecule has 35 heavy (non-hydrogen) atoms. The second-order valence-corrected chi connectivity index (χ2v) is 9.39. The molecular weight excluding hydrogens is 465 g/mol. The molecule has 1 aliphatic heterocycles. The van der Waals surface area contributed by atoms with E-state index in [4.69, 9.17) is 4.74 Å². The number of aromatic nitrogens is 5. The van der Waals surface area contributed by atoms with E-state index >= 15 is 0 Å². The van der Waals surface area contributed by atoms with Crippen LogP contribution in [0.5, 0.6) is 0 Å². The fourth-order valence-electron chi connectivity index (χ4n) is 4.15. The molecule has 0 unspecified atom stereocenters. The first-order valence-corrected chi connectivity index (χ1v) is 11.1. The quantitative estimate of drug-likeness (QED) is 0.551. The summed E-state index contributed by atoms with van der Waals surface area (Å²) in [6, 6.07) is 1.64. The Hall–Kier alpha value is -3.57. The van der Waals surface area contributed by atoms with E-state index in [9.17, 15) is 22.8 Å². The van der Waals surface area contributed by atoms with Crippen LogP contribution in [-0.2, 0) is 17.5 Å². The van der Waals surface area contributed by atoms with Crippen LogP contribution < -0.4 is 5.56 Å². The molecule has 9 nitrogen and oxygen atoms in total. The number of halogens is 3. The number of ether oxygens (including phenoxy) is 1. The molecule has 0 radical (unpaired) electrons. The second kappa shape index (κ2) is 9.23. The maximum atomic E-state index is 13.5. The SMILES string of the molecule is CC(C)(C)OC(=O)N1CCC(c2cc3nccnc3n(Cc3cncnc3C(F)(F)F)c2=O)CC1. The summed E-state index contributed by atoms with van der Waals surface area (Å²) in [4.78, 5) is 43.1. The van der Waals surface area contributed by atoms with Crippen LogP contribution in [0.15, 0.2) is 35.8 Å². The number of pyridine rings is 1. The van der Waals surface area contributed by atoms with Crippen LogP contribution in [0.1, 0.15) is 56.4 Å². The van der Waals surface area contributed by atoms with Gasteiger partial charge in [-0.3, -0.25) is 14.3 Å². The molecule has 3 aromatic rings. The first-order chi connectivity index (χ1) is 16.4. The van der Waals surface area contributed by atoms with Crippen molar-refractivity contribution < 1.29 is 22.7 Å². The minimum absolute atomic E-state index is 0.171. The zero-order valence-corrected chi connectivity index (χ0v) is 19.5. The van der Waals surface area contributed by atoms with Gasteiger partial charge >= 0.3 is 12.3 Å². The first-order valence-electron chi connectivity index (χ1n) is 11.1. The van der Waals surface area contributed by atoms with E-state index in [1.165, 1.54) is 17.0 Å².